The number of phosphoric acid groups is 1. The van der Waals surface area contributed by atoms with Crippen LogP contribution in [0, 0.1) is 0 Å². The number of carbonyl (C=O) groups is 1. The Kier molecular flexibility index (Phi) is 49.0. The largest absolute Gasteiger partial charge is 0.756 e. The zero-order valence-corrected chi connectivity index (χ0v) is 45.6. The van der Waals surface area contributed by atoms with Gasteiger partial charge in [0.05, 0.1) is 34.4 Å². The number of nitrogens with zero attached hydrogens (tertiary/aromatic N) is 1. The van der Waals surface area contributed by atoms with Crippen LogP contribution in [0.5, 0.6) is 0 Å². The minimum atomic E-state index is -4.56. The van der Waals surface area contributed by atoms with Crippen LogP contribution < -0.4 is 4.89 Å². The van der Waals surface area contributed by atoms with Crippen LogP contribution in [0.25, 0.3) is 0 Å². The van der Waals surface area contributed by atoms with Crippen molar-refractivity contribution in [1.82, 2.24) is 0 Å². The number of phosphoric ester groups is 1. The Morgan fingerprint density at radius 1 is 0.464 bits per heavy atom. The van der Waals surface area contributed by atoms with Crippen molar-refractivity contribution < 1.29 is 37.3 Å². The molecule has 0 saturated heterocycles. The van der Waals surface area contributed by atoms with E-state index in [0.29, 0.717) is 24.1 Å². The zero-order valence-electron chi connectivity index (χ0n) is 44.7. The Balaban J connectivity index is 4.27. The molecule has 69 heavy (non-hydrogen) atoms. The lowest BCUT2D eigenvalue weighted by molar-refractivity contribution is -0.870. The van der Waals surface area contributed by atoms with E-state index in [2.05, 4.69) is 135 Å². The topological polar surface area (TPSA) is 94.1 Å². The molecule has 2 atom stereocenters. The molecule has 0 fully saturated rings. The number of carbonyl (C=O) groups excluding carboxylic acids is 1. The molecule has 0 amide bonds. The Hall–Kier alpha value is -3.10. The van der Waals surface area contributed by atoms with Crippen molar-refractivity contribution in [1.29, 1.82) is 0 Å². The lowest BCUT2D eigenvalue weighted by Crippen LogP contribution is -2.37. The third kappa shape index (κ3) is 55.7. The van der Waals surface area contributed by atoms with Gasteiger partial charge in [-0.25, -0.2) is 0 Å². The molecule has 0 aromatic heterocycles. The molecule has 0 rings (SSSR count). The summed E-state index contributed by atoms with van der Waals surface area (Å²) in [5.41, 5.74) is 0. The van der Waals surface area contributed by atoms with Crippen LogP contribution in [-0.4, -0.2) is 70.7 Å². The van der Waals surface area contributed by atoms with Crippen LogP contribution in [0.4, 0.5) is 0 Å². The average molecular weight is 980 g/mol. The maximum Gasteiger partial charge on any atom is 0.306 e. The van der Waals surface area contributed by atoms with Gasteiger partial charge in [-0.05, 0) is 103 Å². The fourth-order valence-electron chi connectivity index (χ4n) is 6.84. The van der Waals surface area contributed by atoms with E-state index in [1.165, 1.54) is 83.5 Å². The van der Waals surface area contributed by atoms with Gasteiger partial charge in [0.25, 0.3) is 7.82 Å². The molecule has 0 spiro atoms. The number of hydrogen-bond acceptors (Lipinski definition) is 7. The van der Waals surface area contributed by atoms with E-state index < -0.39 is 19.9 Å². The number of quaternary nitrogens is 1. The minimum absolute atomic E-state index is 0.00669. The molecule has 9 heteroatoms. The molecule has 394 valence electrons. The van der Waals surface area contributed by atoms with Gasteiger partial charge in [-0.15, -0.1) is 0 Å². The van der Waals surface area contributed by atoms with Crippen molar-refractivity contribution >= 4 is 13.8 Å². The molecule has 0 aromatic rings. The lowest BCUT2D eigenvalue weighted by Gasteiger charge is -2.28. The van der Waals surface area contributed by atoms with E-state index >= 15 is 0 Å². The van der Waals surface area contributed by atoms with E-state index in [0.717, 1.165) is 83.5 Å². The Bertz CT molecular complexity index is 1510. The van der Waals surface area contributed by atoms with Crippen LogP contribution in [0.2, 0.25) is 0 Å². The number of likely N-dealkylation sites (N-methyl/N-ethyl adjacent to an activating group) is 1. The summed E-state index contributed by atoms with van der Waals surface area (Å²) in [5.74, 6) is -0.397. The summed E-state index contributed by atoms with van der Waals surface area (Å²) in [6.07, 6.45) is 73.8. The molecule has 0 saturated carbocycles. The molecule has 8 nitrogen and oxygen atoms in total. The molecule has 0 heterocycles. The number of esters is 1. The van der Waals surface area contributed by atoms with Crippen molar-refractivity contribution in [2.24, 2.45) is 0 Å². The van der Waals surface area contributed by atoms with Gasteiger partial charge in [-0.1, -0.05) is 206 Å². The first-order valence-electron chi connectivity index (χ1n) is 27.3. The fourth-order valence-corrected chi connectivity index (χ4v) is 7.56. The van der Waals surface area contributed by atoms with E-state index in [1.54, 1.807) is 0 Å². The van der Waals surface area contributed by atoms with Gasteiger partial charge < -0.3 is 27.9 Å². The third-order valence-electron chi connectivity index (χ3n) is 11.0. The highest BCUT2D eigenvalue weighted by molar-refractivity contribution is 7.45. The number of unbranched alkanes of at least 4 members (excludes halogenated alkanes) is 15. The van der Waals surface area contributed by atoms with Crippen molar-refractivity contribution in [2.75, 3.05) is 54.1 Å². The quantitative estimate of drug-likeness (QED) is 0.0197. The van der Waals surface area contributed by atoms with Crippen molar-refractivity contribution in [3.05, 3.63) is 122 Å². The van der Waals surface area contributed by atoms with Crippen LogP contribution in [0.1, 0.15) is 194 Å². The Morgan fingerprint density at radius 2 is 0.841 bits per heavy atom. The highest BCUT2D eigenvalue weighted by atomic mass is 31.2. The van der Waals surface area contributed by atoms with Crippen LogP contribution in [0.15, 0.2) is 122 Å². The van der Waals surface area contributed by atoms with E-state index in [4.69, 9.17) is 18.5 Å². The van der Waals surface area contributed by atoms with Gasteiger partial charge in [0.2, 0.25) is 0 Å². The van der Waals surface area contributed by atoms with Gasteiger partial charge >= 0.3 is 5.97 Å². The maximum atomic E-state index is 12.8. The first-order chi connectivity index (χ1) is 33.6. The summed E-state index contributed by atoms with van der Waals surface area (Å²) >= 11 is 0. The number of rotatable bonds is 49. The lowest BCUT2D eigenvalue weighted by atomic mass is 10.1. The molecule has 2 unspecified atom stereocenters. The van der Waals surface area contributed by atoms with Crippen molar-refractivity contribution in [3.8, 4) is 0 Å². The first-order valence-corrected chi connectivity index (χ1v) is 28.7. The molecular weight excluding hydrogens is 878 g/mol. The molecular formula is C60H102NO7P. The number of hydrogen-bond donors (Lipinski definition) is 0. The molecule has 0 aliphatic heterocycles. The Labute approximate surface area is 424 Å². The second kappa shape index (κ2) is 51.3. The first kappa shape index (κ1) is 65.9. The predicted octanol–water partition coefficient (Wildman–Crippen LogP) is 16.6. The van der Waals surface area contributed by atoms with Gasteiger partial charge in [0.1, 0.15) is 19.3 Å². The standard InChI is InChI=1S/C60H102NO7P/c1-6-8-10-12-14-16-18-20-22-24-26-28-30-32-34-36-38-40-42-44-46-48-50-52-55-65-57-59(58-67-69(63,64)66-56-54-61(3,4)5)68-60(62)53-51-49-47-45-43-41-39-37-35-33-31-29-27-25-23-21-19-17-15-13-11-9-7-2/h9,11,15,17-18,20-21,23-24,26-27,29-30,32-33,35,39,41,45,47,59H,6-8,10,12-14,16,19,22,25,28,31,34,36-38,40,42-44,46,48-58H2,1-5H3/b11-9-,17-15-,20-18-,23-21-,26-24-,29-27-,32-30-,35-33-,41-39-,47-45-. The molecule has 0 radical (unpaired) electrons. The molecule has 0 aliphatic carbocycles. The monoisotopic (exact) mass is 980 g/mol. The van der Waals surface area contributed by atoms with Gasteiger partial charge in [-0.2, -0.15) is 0 Å². The molecule has 0 aromatic carbocycles. The summed E-state index contributed by atoms with van der Waals surface area (Å²) < 4.78 is 34.7. The normalized spacial score (nSPS) is 14.5. The second-order valence-corrected chi connectivity index (χ2v) is 20.3. The highest BCUT2D eigenvalue weighted by Crippen LogP contribution is 2.38. The van der Waals surface area contributed by atoms with Crippen LogP contribution in [-0.2, 0) is 27.9 Å². The summed E-state index contributed by atoms with van der Waals surface area (Å²) in [5, 5.41) is 0. The summed E-state index contributed by atoms with van der Waals surface area (Å²) in [4.78, 5) is 25.2. The summed E-state index contributed by atoms with van der Waals surface area (Å²) in [6.45, 7) is 5.17. The van der Waals surface area contributed by atoms with Gasteiger partial charge in [0.15, 0.2) is 0 Å². The van der Waals surface area contributed by atoms with Gasteiger partial charge in [-0.3, -0.25) is 9.36 Å². The second-order valence-electron chi connectivity index (χ2n) is 18.9. The average Bonchev–Trinajstić information content (AvgIpc) is 3.31. The Morgan fingerprint density at radius 3 is 1.26 bits per heavy atom. The molecule has 0 N–H and O–H groups in total. The van der Waals surface area contributed by atoms with E-state index in [-0.39, 0.29) is 26.2 Å². The van der Waals surface area contributed by atoms with Crippen LogP contribution in [0.3, 0.4) is 0 Å². The SMILES string of the molecule is CC/C=C\C/C=C\C/C=C\C/C=C\C/C=C\C/C=C\C/C=C\CCCC(=O)OC(COCCCCCCCCCCC/C=C\C/C=C\C/C=C\CCCCCCC)COP(=O)([O-])OCC[N+](C)(C)C. The third-order valence-corrected chi connectivity index (χ3v) is 12.0. The smallest absolute Gasteiger partial charge is 0.306 e. The number of allylic oxidation sites excluding steroid dienone is 20. The maximum absolute atomic E-state index is 12.8. The summed E-state index contributed by atoms with van der Waals surface area (Å²) in [6, 6.07) is 0. The summed E-state index contributed by atoms with van der Waals surface area (Å²) in [7, 11) is 1.30. The van der Waals surface area contributed by atoms with Gasteiger partial charge in [0, 0.05) is 13.0 Å². The molecule has 0 bridgehead atoms. The van der Waals surface area contributed by atoms with Crippen molar-refractivity contribution in [2.45, 2.75) is 200 Å². The predicted molar refractivity (Wildman–Crippen MR) is 295 cm³/mol. The fraction of sp³-hybridized carbons (Fsp3) is 0.650. The zero-order chi connectivity index (χ0) is 50.5. The highest BCUT2D eigenvalue weighted by Gasteiger charge is 2.20. The van der Waals surface area contributed by atoms with E-state index in [9.17, 15) is 14.3 Å². The number of ether oxygens (including phenoxy) is 2. The minimum Gasteiger partial charge on any atom is -0.756 e. The molecule has 0 aliphatic rings. The van der Waals surface area contributed by atoms with Crippen molar-refractivity contribution in [3.63, 3.8) is 0 Å². The van der Waals surface area contributed by atoms with E-state index in [1.807, 2.05) is 21.1 Å². The van der Waals surface area contributed by atoms with Crippen LogP contribution >= 0.6 is 7.82 Å².